The van der Waals surface area contributed by atoms with E-state index in [1.807, 2.05) is 14.1 Å². The fourth-order valence-corrected chi connectivity index (χ4v) is 6.02. The number of nitrogens with zero attached hydrogens (tertiary/aromatic N) is 1. The lowest BCUT2D eigenvalue weighted by atomic mass is 10.0. The molecule has 0 atom stereocenters. The van der Waals surface area contributed by atoms with Gasteiger partial charge in [-0.15, -0.1) is 0 Å². The van der Waals surface area contributed by atoms with E-state index in [-0.39, 0.29) is 24.0 Å². The van der Waals surface area contributed by atoms with Gasteiger partial charge in [-0.1, -0.05) is 129 Å². The first-order valence-corrected chi connectivity index (χ1v) is 20.5. The van der Waals surface area contributed by atoms with Gasteiger partial charge < -0.3 is 19.1 Å². The van der Waals surface area contributed by atoms with Crippen LogP contribution in [0.2, 0.25) is 0 Å². The highest BCUT2D eigenvalue weighted by Gasteiger charge is 2.15. The highest BCUT2D eigenvalue weighted by Crippen LogP contribution is 2.18. The maximum absolute atomic E-state index is 12.5. The van der Waals surface area contributed by atoms with Gasteiger partial charge in [0.1, 0.15) is 6.10 Å². The largest absolute Gasteiger partial charge is 0.466 e. The van der Waals surface area contributed by atoms with Crippen LogP contribution in [0, 0.1) is 0 Å². The van der Waals surface area contributed by atoms with Crippen LogP contribution in [0.5, 0.6) is 0 Å². The summed E-state index contributed by atoms with van der Waals surface area (Å²) in [5, 5.41) is 0. The average molecular weight is 682 g/mol. The van der Waals surface area contributed by atoms with Crippen molar-refractivity contribution in [2.75, 3.05) is 33.9 Å². The zero-order valence-electron chi connectivity index (χ0n) is 32.3. The van der Waals surface area contributed by atoms with Crippen LogP contribution in [0.3, 0.4) is 0 Å². The molecule has 0 aliphatic rings. The first-order valence-electron chi connectivity index (χ1n) is 20.5. The second kappa shape index (κ2) is 36.6. The fourth-order valence-electron chi connectivity index (χ4n) is 6.02. The van der Waals surface area contributed by atoms with Crippen LogP contribution in [0.4, 0.5) is 0 Å². The van der Waals surface area contributed by atoms with Gasteiger partial charge in [0.25, 0.3) is 0 Å². The van der Waals surface area contributed by atoms with E-state index in [9.17, 15) is 14.4 Å². The van der Waals surface area contributed by atoms with Crippen LogP contribution < -0.4 is 0 Å². The van der Waals surface area contributed by atoms with Gasteiger partial charge in [-0.25, -0.2) is 0 Å². The number of hydrogen-bond acceptors (Lipinski definition) is 7. The predicted molar refractivity (Wildman–Crippen MR) is 200 cm³/mol. The SMILES string of the molecule is CCCCCCCCCCCOC(=O)CCCCCC(CCCCCC(=O)OCCCCCCCCCCC)OC(=O)CCCN(C)C. The van der Waals surface area contributed by atoms with Crippen LogP contribution in [0.25, 0.3) is 0 Å². The van der Waals surface area contributed by atoms with E-state index < -0.39 is 0 Å². The van der Waals surface area contributed by atoms with Crippen LogP contribution in [0.15, 0.2) is 0 Å². The summed E-state index contributed by atoms with van der Waals surface area (Å²) in [5.74, 6) is -0.308. The Hall–Kier alpha value is -1.63. The second-order valence-corrected chi connectivity index (χ2v) is 14.3. The van der Waals surface area contributed by atoms with Gasteiger partial charge in [0.2, 0.25) is 0 Å². The molecule has 0 saturated carbocycles. The Balaban J connectivity index is 4.08. The second-order valence-electron chi connectivity index (χ2n) is 14.3. The van der Waals surface area contributed by atoms with Gasteiger partial charge in [0.05, 0.1) is 13.2 Å². The summed E-state index contributed by atoms with van der Waals surface area (Å²) in [6.07, 6.45) is 31.6. The number of unbranched alkanes of at least 4 members (excludes halogenated alkanes) is 20. The molecule has 0 bridgehead atoms. The molecule has 0 fully saturated rings. The summed E-state index contributed by atoms with van der Waals surface area (Å²) >= 11 is 0. The summed E-state index contributed by atoms with van der Waals surface area (Å²) < 4.78 is 16.8. The Labute approximate surface area is 297 Å². The third-order valence-corrected chi connectivity index (χ3v) is 9.12. The minimum absolute atomic E-state index is 0.0925. The molecule has 0 aliphatic carbocycles. The molecule has 0 radical (unpaired) electrons. The molecule has 0 saturated heterocycles. The topological polar surface area (TPSA) is 82.1 Å². The molecule has 284 valence electrons. The molecule has 0 rings (SSSR count). The lowest BCUT2D eigenvalue weighted by molar-refractivity contribution is -0.150. The summed E-state index contributed by atoms with van der Waals surface area (Å²) in [4.78, 5) is 38.9. The third kappa shape index (κ3) is 35.7. The standard InChI is InChI=1S/C41H79NO6/c1-5-7-9-11-13-15-17-19-27-36-46-39(43)32-25-21-23-30-38(48-41(45)34-29-35-42(3)4)31-24-22-26-33-40(44)47-37-28-20-18-16-14-12-10-8-6-2/h38H,5-37H2,1-4H3. The Morgan fingerprint density at radius 1 is 0.438 bits per heavy atom. The molecule has 0 aromatic carbocycles. The molecule has 0 amide bonds. The van der Waals surface area contributed by atoms with E-state index in [0.717, 1.165) is 90.0 Å². The monoisotopic (exact) mass is 682 g/mol. The van der Waals surface area contributed by atoms with Gasteiger partial charge in [0, 0.05) is 19.3 Å². The zero-order valence-corrected chi connectivity index (χ0v) is 32.3. The van der Waals surface area contributed by atoms with Crippen LogP contribution in [0.1, 0.15) is 206 Å². The Kier molecular flexibility index (Phi) is 35.4. The Morgan fingerprint density at radius 2 is 0.792 bits per heavy atom. The third-order valence-electron chi connectivity index (χ3n) is 9.12. The number of hydrogen-bond donors (Lipinski definition) is 0. The van der Waals surface area contributed by atoms with Crippen molar-refractivity contribution in [2.24, 2.45) is 0 Å². The minimum atomic E-state index is -0.123. The molecule has 0 spiro atoms. The van der Waals surface area contributed by atoms with E-state index in [4.69, 9.17) is 14.2 Å². The highest BCUT2D eigenvalue weighted by molar-refractivity contribution is 5.70. The molecule has 0 aromatic rings. The van der Waals surface area contributed by atoms with Crippen LogP contribution >= 0.6 is 0 Å². The fraction of sp³-hybridized carbons (Fsp3) is 0.927. The molecule has 0 unspecified atom stereocenters. The van der Waals surface area contributed by atoms with E-state index in [1.165, 1.54) is 89.9 Å². The lowest BCUT2D eigenvalue weighted by Crippen LogP contribution is -2.20. The highest BCUT2D eigenvalue weighted by atomic mass is 16.5. The maximum Gasteiger partial charge on any atom is 0.306 e. The summed E-state index contributed by atoms with van der Waals surface area (Å²) in [5.41, 5.74) is 0. The van der Waals surface area contributed by atoms with Crippen LogP contribution in [-0.2, 0) is 28.6 Å². The van der Waals surface area contributed by atoms with Crippen molar-refractivity contribution in [3.05, 3.63) is 0 Å². The van der Waals surface area contributed by atoms with E-state index in [2.05, 4.69) is 18.7 Å². The van der Waals surface area contributed by atoms with Crippen molar-refractivity contribution in [1.82, 2.24) is 4.90 Å². The lowest BCUT2D eigenvalue weighted by Gasteiger charge is -2.18. The number of carbonyl (C=O) groups is 3. The van der Waals surface area contributed by atoms with E-state index in [1.54, 1.807) is 0 Å². The van der Waals surface area contributed by atoms with Gasteiger partial charge >= 0.3 is 17.9 Å². The number of rotatable bonds is 37. The predicted octanol–water partition coefficient (Wildman–Crippen LogP) is 11.3. The molecule has 48 heavy (non-hydrogen) atoms. The molecule has 0 aliphatic heterocycles. The molecular weight excluding hydrogens is 602 g/mol. The Morgan fingerprint density at radius 3 is 1.19 bits per heavy atom. The number of esters is 3. The summed E-state index contributed by atoms with van der Waals surface area (Å²) in [7, 11) is 4.02. The minimum Gasteiger partial charge on any atom is -0.466 e. The average Bonchev–Trinajstić information content (AvgIpc) is 3.05. The van der Waals surface area contributed by atoms with Crippen molar-refractivity contribution in [1.29, 1.82) is 0 Å². The summed E-state index contributed by atoms with van der Waals surface area (Å²) in [6.45, 7) is 6.44. The number of ether oxygens (including phenoxy) is 3. The van der Waals surface area contributed by atoms with Crippen molar-refractivity contribution in [2.45, 2.75) is 213 Å². The van der Waals surface area contributed by atoms with Gasteiger partial charge in [-0.05, 0) is 78.4 Å². The first kappa shape index (κ1) is 46.4. The van der Waals surface area contributed by atoms with E-state index >= 15 is 0 Å². The van der Waals surface area contributed by atoms with Crippen molar-refractivity contribution in [3.8, 4) is 0 Å². The Bertz CT molecular complexity index is 682. The quantitative estimate of drug-likeness (QED) is 0.0366. The normalized spacial score (nSPS) is 11.4. The molecule has 0 aromatic heterocycles. The molecule has 7 heteroatoms. The molecular formula is C41H79NO6. The van der Waals surface area contributed by atoms with Gasteiger partial charge in [0.15, 0.2) is 0 Å². The smallest absolute Gasteiger partial charge is 0.306 e. The van der Waals surface area contributed by atoms with Crippen molar-refractivity contribution >= 4 is 17.9 Å². The number of carbonyl (C=O) groups excluding carboxylic acids is 3. The van der Waals surface area contributed by atoms with Gasteiger partial charge in [-0.2, -0.15) is 0 Å². The molecule has 0 heterocycles. The molecule has 7 nitrogen and oxygen atoms in total. The summed E-state index contributed by atoms with van der Waals surface area (Å²) in [6, 6.07) is 0. The van der Waals surface area contributed by atoms with Crippen molar-refractivity contribution < 1.29 is 28.6 Å². The van der Waals surface area contributed by atoms with Crippen LogP contribution in [-0.4, -0.2) is 62.8 Å². The van der Waals surface area contributed by atoms with Crippen molar-refractivity contribution in [3.63, 3.8) is 0 Å². The zero-order chi connectivity index (χ0) is 35.3. The van der Waals surface area contributed by atoms with Gasteiger partial charge in [-0.3, -0.25) is 14.4 Å². The first-order chi connectivity index (χ1) is 23.4. The molecule has 0 N–H and O–H groups in total. The maximum atomic E-state index is 12.5. The van der Waals surface area contributed by atoms with E-state index in [0.29, 0.717) is 32.5 Å².